The highest BCUT2D eigenvalue weighted by molar-refractivity contribution is 8.00. The predicted octanol–water partition coefficient (Wildman–Crippen LogP) is 2.61. The third kappa shape index (κ3) is 8.20. The molecule has 0 aromatic heterocycles. The molecule has 74 valence electrons. The molecule has 0 saturated carbocycles. The maximum Gasteiger partial charge on any atom is 0.441 e. The van der Waals surface area contributed by atoms with Gasteiger partial charge in [0.15, 0.2) is 0 Å². The van der Waals surface area contributed by atoms with Crippen LogP contribution in [0.1, 0.15) is 19.8 Å². The quantitative estimate of drug-likeness (QED) is 0.692. The molecule has 0 amide bonds. The Bertz CT molecular complexity index is 116. The largest absolute Gasteiger partial charge is 0.441 e. The maximum atomic E-state index is 11.6. The summed E-state index contributed by atoms with van der Waals surface area (Å²) in [5, 5.41) is 0. The van der Waals surface area contributed by atoms with Gasteiger partial charge in [-0.25, -0.2) is 0 Å². The van der Waals surface area contributed by atoms with E-state index in [4.69, 9.17) is 5.73 Å². The van der Waals surface area contributed by atoms with Gasteiger partial charge >= 0.3 is 5.51 Å². The van der Waals surface area contributed by atoms with E-state index in [0.717, 1.165) is 6.42 Å². The van der Waals surface area contributed by atoms with Gasteiger partial charge in [-0.3, -0.25) is 0 Å². The van der Waals surface area contributed by atoms with Gasteiger partial charge in [0.05, 0.1) is 0 Å². The molecule has 0 aliphatic carbocycles. The van der Waals surface area contributed by atoms with E-state index in [1.807, 2.05) is 6.92 Å². The number of hydrogen-bond acceptors (Lipinski definition) is 2. The molecule has 0 heterocycles. The van der Waals surface area contributed by atoms with Crippen molar-refractivity contribution in [3.8, 4) is 0 Å². The third-order valence-corrected chi connectivity index (χ3v) is 2.33. The van der Waals surface area contributed by atoms with E-state index in [-0.39, 0.29) is 17.5 Å². The first-order chi connectivity index (χ1) is 5.45. The lowest BCUT2D eigenvalue weighted by Gasteiger charge is -2.08. The molecule has 0 saturated heterocycles. The molecule has 1 nitrogen and oxygen atoms in total. The van der Waals surface area contributed by atoms with Crippen molar-refractivity contribution in [2.24, 2.45) is 11.7 Å². The van der Waals surface area contributed by atoms with Crippen LogP contribution in [0.3, 0.4) is 0 Å². The molecule has 0 aromatic rings. The van der Waals surface area contributed by atoms with Gasteiger partial charge in [-0.15, -0.1) is 0 Å². The van der Waals surface area contributed by atoms with Crippen molar-refractivity contribution in [1.82, 2.24) is 0 Å². The average Bonchev–Trinajstić information content (AvgIpc) is 1.96. The van der Waals surface area contributed by atoms with Crippen LogP contribution in [0, 0.1) is 5.92 Å². The van der Waals surface area contributed by atoms with Gasteiger partial charge in [0.2, 0.25) is 0 Å². The molecule has 0 fully saturated rings. The highest BCUT2D eigenvalue weighted by atomic mass is 32.2. The summed E-state index contributed by atoms with van der Waals surface area (Å²) in [4.78, 5) is 0. The molecule has 0 radical (unpaired) electrons. The second kappa shape index (κ2) is 5.70. The molecule has 0 rings (SSSR count). The van der Waals surface area contributed by atoms with Crippen LogP contribution in [0.15, 0.2) is 0 Å². The minimum Gasteiger partial charge on any atom is -0.330 e. The van der Waals surface area contributed by atoms with Crippen molar-refractivity contribution in [2.75, 3.05) is 12.3 Å². The van der Waals surface area contributed by atoms with Crippen molar-refractivity contribution >= 4 is 11.8 Å². The minimum atomic E-state index is -4.08. The molecule has 1 atom stereocenters. The van der Waals surface area contributed by atoms with Crippen LogP contribution in [-0.4, -0.2) is 17.8 Å². The first-order valence-electron chi connectivity index (χ1n) is 3.86. The van der Waals surface area contributed by atoms with Crippen LogP contribution in [0.5, 0.6) is 0 Å². The third-order valence-electron chi connectivity index (χ3n) is 1.51. The molecule has 2 N–H and O–H groups in total. The van der Waals surface area contributed by atoms with Crippen LogP contribution in [0.4, 0.5) is 13.2 Å². The number of halogens is 3. The van der Waals surface area contributed by atoms with Gasteiger partial charge in [0.1, 0.15) is 0 Å². The topological polar surface area (TPSA) is 26.0 Å². The second-order valence-corrected chi connectivity index (χ2v) is 3.94. The molecule has 0 aliphatic heterocycles. The van der Waals surface area contributed by atoms with E-state index >= 15 is 0 Å². The number of alkyl halides is 3. The summed E-state index contributed by atoms with van der Waals surface area (Å²) in [6.07, 6.45) is 1.36. The molecule has 0 aliphatic rings. The summed E-state index contributed by atoms with van der Waals surface area (Å²) >= 11 is 0.0452. The van der Waals surface area contributed by atoms with Crippen LogP contribution in [0.25, 0.3) is 0 Å². The van der Waals surface area contributed by atoms with Gasteiger partial charge in [-0.05, 0) is 25.3 Å². The zero-order valence-electron chi connectivity index (χ0n) is 7.03. The fourth-order valence-electron chi connectivity index (χ4n) is 0.738. The summed E-state index contributed by atoms with van der Waals surface area (Å²) in [6.45, 7) is 2.49. The SMILES string of the molecule is CC(CN)CCCSC(F)(F)F. The average molecular weight is 201 g/mol. The standard InChI is InChI=1S/C7H14F3NS/c1-6(5-11)3-2-4-12-7(8,9)10/h6H,2-5,11H2,1H3. The summed E-state index contributed by atoms with van der Waals surface area (Å²) in [5.74, 6) is 0.479. The Kier molecular flexibility index (Phi) is 5.74. The fourth-order valence-corrected chi connectivity index (χ4v) is 1.28. The molecule has 5 heteroatoms. The lowest BCUT2D eigenvalue weighted by molar-refractivity contribution is -0.0328. The van der Waals surface area contributed by atoms with Gasteiger partial charge in [-0.1, -0.05) is 18.7 Å². The van der Waals surface area contributed by atoms with Crippen LogP contribution < -0.4 is 5.73 Å². The molecule has 0 bridgehead atoms. The lowest BCUT2D eigenvalue weighted by atomic mass is 10.1. The highest BCUT2D eigenvalue weighted by Crippen LogP contribution is 2.30. The van der Waals surface area contributed by atoms with Crippen molar-refractivity contribution < 1.29 is 13.2 Å². The Labute approximate surface area is 74.9 Å². The zero-order chi connectivity index (χ0) is 9.61. The van der Waals surface area contributed by atoms with Crippen LogP contribution in [0.2, 0.25) is 0 Å². The zero-order valence-corrected chi connectivity index (χ0v) is 7.84. The van der Waals surface area contributed by atoms with E-state index < -0.39 is 5.51 Å². The van der Waals surface area contributed by atoms with E-state index in [2.05, 4.69) is 0 Å². The summed E-state index contributed by atoms with van der Waals surface area (Å²) in [7, 11) is 0. The normalized spacial score (nSPS) is 14.8. The second-order valence-electron chi connectivity index (χ2n) is 2.78. The number of hydrogen-bond donors (Lipinski definition) is 1. The molecular formula is C7H14F3NS. The molecule has 0 aromatic carbocycles. The fraction of sp³-hybridized carbons (Fsp3) is 1.00. The van der Waals surface area contributed by atoms with Crippen molar-refractivity contribution in [2.45, 2.75) is 25.3 Å². The van der Waals surface area contributed by atoms with Gasteiger partial charge in [0, 0.05) is 5.75 Å². The Morgan fingerprint density at radius 3 is 2.42 bits per heavy atom. The first kappa shape index (κ1) is 12.1. The van der Waals surface area contributed by atoms with Gasteiger partial charge in [0.25, 0.3) is 0 Å². The van der Waals surface area contributed by atoms with Crippen molar-refractivity contribution in [3.05, 3.63) is 0 Å². The molecule has 0 spiro atoms. The maximum absolute atomic E-state index is 11.6. The van der Waals surface area contributed by atoms with Crippen LogP contribution in [-0.2, 0) is 0 Å². The molecule has 12 heavy (non-hydrogen) atoms. The van der Waals surface area contributed by atoms with E-state index in [1.165, 1.54) is 0 Å². The Hall–Kier alpha value is 0.100. The number of thioether (sulfide) groups is 1. The monoisotopic (exact) mass is 201 g/mol. The Morgan fingerprint density at radius 1 is 1.42 bits per heavy atom. The van der Waals surface area contributed by atoms with E-state index in [9.17, 15) is 13.2 Å². The van der Waals surface area contributed by atoms with Crippen molar-refractivity contribution in [3.63, 3.8) is 0 Å². The van der Waals surface area contributed by atoms with Crippen LogP contribution >= 0.6 is 11.8 Å². The smallest absolute Gasteiger partial charge is 0.330 e. The van der Waals surface area contributed by atoms with E-state index in [0.29, 0.717) is 18.9 Å². The van der Waals surface area contributed by atoms with Gasteiger partial charge in [-0.2, -0.15) is 13.2 Å². The minimum absolute atomic E-state index is 0.0452. The highest BCUT2D eigenvalue weighted by Gasteiger charge is 2.27. The molecular weight excluding hydrogens is 187 g/mol. The molecule has 1 unspecified atom stereocenters. The summed E-state index contributed by atoms with van der Waals surface area (Å²) in [6, 6.07) is 0. The first-order valence-corrected chi connectivity index (χ1v) is 4.85. The van der Waals surface area contributed by atoms with E-state index in [1.54, 1.807) is 0 Å². The Balaban J connectivity index is 3.22. The van der Waals surface area contributed by atoms with Gasteiger partial charge < -0.3 is 5.73 Å². The summed E-state index contributed by atoms with van der Waals surface area (Å²) in [5.41, 5.74) is 1.23. The lowest BCUT2D eigenvalue weighted by Crippen LogP contribution is -2.11. The number of rotatable bonds is 5. The number of nitrogens with two attached hydrogens (primary N) is 1. The Morgan fingerprint density at radius 2 is 2.00 bits per heavy atom. The van der Waals surface area contributed by atoms with Crippen molar-refractivity contribution in [1.29, 1.82) is 0 Å². The summed E-state index contributed by atoms with van der Waals surface area (Å²) < 4.78 is 34.8. The predicted molar refractivity (Wildman–Crippen MR) is 46.0 cm³/mol.